The predicted octanol–water partition coefficient (Wildman–Crippen LogP) is 2.55. The fourth-order valence-corrected chi connectivity index (χ4v) is 4.45. The number of hydrogen-bond acceptors (Lipinski definition) is 6. The summed E-state index contributed by atoms with van der Waals surface area (Å²) in [4.78, 5) is 23.3. The minimum absolute atomic E-state index is 0.0548. The topological polar surface area (TPSA) is 89.7 Å². The lowest BCUT2D eigenvalue weighted by Gasteiger charge is -2.42. The number of alkyl carbamates (subject to hydrolysis) is 1. The number of carbonyl (C=O) groups is 2. The molecular formula is C19H28ClNO6. The number of ether oxygens (including phenoxy) is 4. The summed E-state index contributed by atoms with van der Waals surface area (Å²) in [6.45, 7) is 6.87. The van der Waals surface area contributed by atoms with Gasteiger partial charge >= 0.3 is 6.09 Å². The molecule has 3 aliphatic rings. The number of methoxy groups -OCH3 is 1. The van der Waals surface area contributed by atoms with Gasteiger partial charge in [0.15, 0.2) is 0 Å². The van der Waals surface area contributed by atoms with E-state index in [-0.39, 0.29) is 29.6 Å². The number of imide groups is 1. The number of amides is 2. The van der Waals surface area contributed by atoms with E-state index in [1.807, 2.05) is 0 Å². The van der Waals surface area contributed by atoms with Crippen molar-refractivity contribution in [2.45, 2.75) is 69.5 Å². The number of carbonyl (C=O) groups excluding carboxylic acids is 2. The summed E-state index contributed by atoms with van der Waals surface area (Å²) in [5.74, 6) is -0.949. The van der Waals surface area contributed by atoms with Crippen molar-refractivity contribution in [1.29, 1.82) is 0 Å². The average molecular weight is 402 g/mol. The molecule has 0 aromatic heterocycles. The van der Waals surface area contributed by atoms with Gasteiger partial charge in [-0.1, -0.05) is 11.6 Å². The molecule has 1 saturated carbocycles. The lowest BCUT2D eigenvalue weighted by molar-refractivity contribution is -0.124. The first-order valence-electron chi connectivity index (χ1n) is 9.30. The number of epoxide rings is 2. The summed E-state index contributed by atoms with van der Waals surface area (Å²) in [7, 11) is 1.61. The van der Waals surface area contributed by atoms with Crippen LogP contribution in [0.1, 0.15) is 40.0 Å². The largest absolute Gasteiger partial charge is 0.443 e. The standard InChI is InChI=1S/C19H28ClNO6/c1-11(2)5-6-13-18(3,27-13)16-15(24-4)12(7-8-19(16)10-25-19)26-17(23)21-14(22)9-20/h5,12-13,15-16H,6-10H2,1-4H3,(H,21,22,23)/t12?,13?,15?,16?,18-,19-/m0/s1. The quantitative estimate of drug-likeness (QED) is 0.418. The van der Waals surface area contributed by atoms with Gasteiger partial charge in [0.2, 0.25) is 5.91 Å². The van der Waals surface area contributed by atoms with Crippen LogP contribution < -0.4 is 5.32 Å². The van der Waals surface area contributed by atoms with Crippen molar-refractivity contribution in [3.8, 4) is 0 Å². The van der Waals surface area contributed by atoms with Crippen molar-refractivity contribution < 1.29 is 28.5 Å². The van der Waals surface area contributed by atoms with Crippen molar-refractivity contribution in [2.75, 3.05) is 19.6 Å². The number of rotatable bonds is 6. The first-order chi connectivity index (χ1) is 12.8. The Morgan fingerprint density at radius 2 is 2.07 bits per heavy atom. The first-order valence-corrected chi connectivity index (χ1v) is 9.83. The maximum Gasteiger partial charge on any atom is 0.414 e. The zero-order chi connectivity index (χ0) is 19.8. The summed E-state index contributed by atoms with van der Waals surface area (Å²) in [6, 6.07) is 0. The van der Waals surface area contributed by atoms with Gasteiger partial charge in [0.05, 0.1) is 18.6 Å². The summed E-state index contributed by atoms with van der Waals surface area (Å²) >= 11 is 5.42. The second-order valence-electron chi connectivity index (χ2n) is 8.00. The zero-order valence-corrected chi connectivity index (χ0v) is 17.0. The molecule has 3 fully saturated rings. The Balaban J connectivity index is 1.73. The van der Waals surface area contributed by atoms with Crippen molar-refractivity contribution in [2.24, 2.45) is 5.92 Å². The molecule has 3 rings (SSSR count). The molecule has 8 heteroatoms. The molecule has 0 bridgehead atoms. The molecule has 0 aromatic carbocycles. The molecule has 2 aliphatic heterocycles. The number of nitrogens with one attached hydrogen (secondary N) is 1. The molecule has 1 N–H and O–H groups in total. The highest BCUT2D eigenvalue weighted by Crippen LogP contribution is 2.59. The molecule has 6 atom stereocenters. The molecule has 27 heavy (non-hydrogen) atoms. The lowest BCUT2D eigenvalue weighted by atomic mass is 9.68. The van der Waals surface area contributed by atoms with Gasteiger partial charge in [0.25, 0.3) is 0 Å². The summed E-state index contributed by atoms with van der Waals surface area (Å²) in [5, 5.41) is 2.11. The van der Waals surface area contributed by atoms with E-state index >= 15 is 0 Å². The van der Waals surface area contributed by atoms with Gasteiger partial charge in [-0.15, -0.1) is 11.6 Å². The Morgan fingerprint density at radius 3 is 2.63 bits per heavy atom. The molecule has 2 saturated heterocycles. The van der Waals surface area contributed by atoms with Crippen LogP contribution in [-0.4, -0.2) is 61.1 Å². The fraction of sp³-hybridized carbons (Fsp3) is 0.789. The van der Waals surface area contributed by atoms with E-state index in [2.05, 4.69) is 32.2 Å². The number of halogens is 1. The van der Waals surface area contributed by atoms with E-state index in [4.69, 9.17) is 30.5 Å². The normalized spacial score (nSPS) is 39.6. The molecule has 2 heterocycles. The molecular weight excluding hydrogens is 374 g/mol. The molecule has 1 aliphatic carbocycles. The van der Waals surface area contributed by atoms with E-state index in [1.54, 1.807) is 7.11 Å². The Hall–Kier alpha value is -1.15. The lowest BCUT2D eigenvalue weighted by Crippen LogP contribution is -2.56. The highest BCUT2D eigenvalue weighted by molar-refractivity contribution is 6.28. The third kappa shape index (κ3) is 4.16. The minimum atomic E-state index is -0.804. The van der Waals surface area contributed by atoms with Crippen molar-refractivity contribution in [1.82, 2.24) is 5.32 Å². The van der Waals surface area contributed by atoms with Gasteiger partial charge in [-0.3, -0.25) is 10.1 Å². The van der Waals surface area contributed by atoms with Crippen LogP contribution in [0, 0.1) is 5.92 Å². The monoisotopic (exact) mass is 401 g/mol. The zero-order valence-electron chi connectivity index (χ0n) is 16.2. The third-order valence-corrected chi connectivity index (χ3v) is 6.10. The van der Waals surface area contributed by atoms with Crippen LogP contribution in [0.5, 0.6) is 0 Å². The van der Waals surface area contributed by atoms with Crippen molar-refractivity contribution in [3.05, 3.63) is 11.6 Å². The van der Waals surface area contributed by atoms with Gasteiger partial charge < -0.3 is 18.9 Å². The van der Waals surface area contributed by atoms with Crippen LogP contribution >= 0.6 is 11.6 Å². The van der Waals surface area contributed by atoms with Crippen LogP contribution in [-0.2, 0) is 23.7 Å². The molecule has 0 radical (unpaired) electrons. The van der Waals surface area contributed by atoms with E-state index in [1.165, 1.54) is 5.57 Å². The molecule has 2 amide bonds. The number of hydrogen-bond donors (Lipinski definition) is 1. The van der Waals surface area contributed by atoms with Crippen LogP contribution in [0.3, 0.4) is 0 Å². The van der Waals surface area contributed by atoms with Crippen LogP contribution in [0.25, 0.3) is 0 Å². The smallest absolute Gasteiger partial charge is 0.414 e. The summed E-state index contributed by atoms with van der Waals surface area (Å²) in [6.07, 6.45) is 2.78. The van der Waals surface area contributed by atoms with Crippen LogP contribution in [0.2, 0.25) is 0 Å². The minimum Gasteiger partial charge on any atom is -0.443 e. The van der Waals surface area contributed by atoms with Gasteiger partial charge in [0.1, 0.15) is 29.3 Å². The second-order valence-corrected chi connectivity index (χ2v) is 8.27. The average Bonchev–Trinajstić information content (AvgIpc) is 3.52. The molecule has 1 spiro atoms. The van der Waals surface area contributed by atoms with Gasteiger partial charge in [-0.25, -0.2) is 4.79 Å². The predicted molar refractivity (Wildman–Crippen MR) is 98.7 cm³/mol. The van der Waals surface area contributed by atoms with E-state index < -0.39 is 23.7 Å². The van der Waals surface area contributed by atoms with E-state index in [0.29, 0.717) is 13.0 Å². The van der Waals surface area contributed by atoms with Crippen LogP contribution in [0.15, 0.2) is 11.6 Å². The highest BCUT2D eigenvalue weighted by atomic mass is 35.5. The molecule has 152 valence electrons. The second kappa shape index (κ2) is 7.70. The van der Waals surface area contributed by atoms with Crippen molar-refractivity contribution >= 4 is 23.6 Å². The Kier molecular flexibility index (Phi) is 5.87. The summed E-state index contributed by atoms with van der Waals surface area (Å²) < 4.78 is 23.2. The first kappa shape index (κ1) is 20.6. The van der Waals surface area contributed by atoms with Gasteiger partial charge in [-0.05, 0) is 40.0 Å². The third-order valence-electron chi connectivity index (χ3n) is 5.86. The molecule has 7 nitrogen and oxygen atoms in total. The molecule has 4 unspecified atom stereocenters. The Labute approximate surface area is 164 Å². The van der Waals surface area contributed by atoms with Crippen molar-refractivity contribution in [3.63, 3.8) is 0 Å². The van der Waals surface area contributed by atoms with E-state index in [0.717, 1.165) is 12.8 Å². The Bertz CT molecular complexity index is 630. The molecule has 0 aromatic rings. The van der Waals surface area contributed by atoms with Crippen LogP contribution in [0.4, 0.5) is 4.79 Å². The SMILES string of the molecule is COC1C(OC(=O)NC(=O)CCl)CC[C@]2(CO2)C1[C@@]1(C)OC1CC=C(C)C. The van der Waals surface area contributed by atoms with Gasteiger partial charge in [0, 0.05) is 7.11 Å². The van der Waals surface area contributed by atoms with Gasteiger partial charge in [-0.2, -0.15) is 0 Å². The summed E-state index contributed by atoms with van der Waals surface area (Å²) in [5.41, 5.74) is 0.574. The Morgan fingerprint density at radius 1 is 1.37 bits per heavy atom. The number of allylic oxidation sites excluding steroid dienone is 1. The van der Waals surface area contributed by atoms with E-state index in [9.17, 15) is 9.59 Å². The maximum absolute atomic E-state index is 12.0. The highest BCUT2D eigenvalue weighted by Gasteiger charge is 2.72. The maximum atomic E-state index is 12.0. The fourth-order valence-electron chi connectivity index (χ4n) is 4.38. The number of alkyl halides is 1.